The van der Waals surface area contributed by atoms with Crippen molar-refractivity contribution in [2.45, 2.75) is 46.1 Å². The number of hydrogen-bond donors (Lipinski definition) is 1. The fraction of sp³-hybridized carbons (Fsp3) is 0.684. The molecule has 23 heavy (non-hydrogen) atoms. The molecule has 0 saturated carbocycles. The summed E-state index contributed by atoms with van der Waals surface area (Å²) in [6.07, 6.45) is -0.477. The minimum absolute atomic E-state index is 0.0494. The van der Waals surface area contributed by atoms with Crippen LogP contribution < -0.4 is 9.47 Å². The molecule has 0 radical (unpaired) electrons. The second kappa shape index (κ2) is 8.02. The number of benzene rings is 1. The maximum Gasteiger partial charge on any atom is 0.137 e. The van der Waals surface area contributed by atoms with E-state index < -0.39 is 6.10 Å². The first-order valence-corrected chi connectivity index (χ1v) is 8.48. The van der Waals surface area contributed by atoms with Crippen molar-refractivity contribution < 1.29 is 19.1 Å². The highest BCUT2D eigenvalue weighted by atomic mass is 16.5. The van der Waals surface area contributed by atoms with Crippen LogP contribution in [-0.2, 0) is 5.41 Å². The van der Waals surface area contributed by atoms with Gasteiger partial charge in [0.25, 0.3) is 0 Å². The van der Waals surface area contributed by atoms with Crippen LogP contribution in [-0.4, -0.2) is 56.1 Å². The monoisotopic (exact) mass is 324 g/mol. The first-order chi connectivity index (χ1) is 10.6. The van der Waals surface area contributed by atoms with Crippen molar-refractivity contribution in [1.29, 1.82) is 0 Å². The Balaban J connectivity index is 2.81. The fourth-order valence-electron chi connectivity index (χ4n) is 2.58. The van der Waals surface area contributed by atoms with Gasteiger partial charge < -0.3 is 19.1 Å². The minimum Gasteiger partial charge on any atom is -0.497 e. The molecule has 0 heterocycles. The Bertz CT molecular complexity index is 490. The van der Waals surface area contributed by atoms with Gasteiger partial charge in [0.05, 0.1) is 27.2 Å². The maximum absolute atomic E-state index is 10.3. The van der Waals surface area contributed by atoms with E-state index in [2.05, 4.69) is 41.7 Å². The molecule has 4 nitrogen and oxygen atoms in total. The second-order valence-electron chi connectivity index (χ2n) is 7.51. The van der Waals surface area contributed by atoms with E-state index >= 15 is 0 Å². The van der Waals surface area contributed by atoms with Crippen molar-refractivity contribution in [3.63, 3.8) is 0 Å². The van der Waals surface area contributed by atoms with Crippen molar-refractivity contribution >= 4 is 0 Å². The van der Waals surface area contributed by atoms with Crippen molar-refractivity contribution in [3.05, 3.63) is 23.8 Å². The van der Waals surface area contributed by atoms with Gasteiger partial charge in [-0.25, -0.2) is 0 Å². The molecule has 1 N–H and O–H groups in total. The van der Waals surface area contributed by atoms with Crippen LogP contribution >= 0.6 is 0 Å². The molecule has 0 aliphatic rings. The highest BCUT2D eigenvalue weighted by Crippen LogP contribution is 2.34. The smallest absolute Gasteiger partial charge is 0.137 e. The molecular formula is C19H34NO3+. The quantitative estimate of drug-likeness (QED) is 0.746. The summed E-state index contributed by atoms with van der Waals surface area (Å²) in [6, 6.07) is 5.84. The lowest BCUT2D eigenvalue weighted by Crippen LogP contribution is -2.49. The molecule has 1 rings (SSSR count). The summed E-state index contributed by atoms with van der Waals surface area (Å²) in [5, 5.41) is 10.3. The first kappa shape index (κ1) is 19.8. The van der Waals surface area contributed by atoms with Crippen LogP contribution in [0.3, 0.4) is 0 Å². The third-order valence-corrected chi connectivity index (χ3v) is 4.60. The van der Waals surface area contributed by atoms with E-state index in [1.165, 1.54) is 0 Å². The molecule has 0 unspecified atom stereocenters. The van der Waals surface area contributed by atoms with Gasteiger partial charge in [-0.05, 0) is 37.5 Å². The SMILES string of the molecule is CC[N+](C)(CC)C[C@H](O)COc1ccc(OC)cc1C(C)(C)C. The normalized spacial score (nSPS) is 13.7. The molecule has 1 aromatic carbocycles. The summed E-state index contributed by atoms with van der Waals surface area (Å²) >= 11 is 0. The predicted octanol–water partition coefficient (Wildman–Crippen LogP) is 3.22. The molecule has 132 valence electrons. The van der Waals surface area contributed by atoms with Gasteiger partial charge in [-0.3, -0.25) is 0 Å². The Labute approximate surface area is 141 Å². The standard InChI is InChI=1S/C19H34NO3/c1-8-20(6,9-2)13-15(21)14-23-18-11-10-16(22-7)12-17(18)19(3,4)5/h10-12,15,21H,8-9,13-14H2,1-7H3/q+1/t15-/m0/s1. The van der Waals surface area contributed by atoms with Crippen LogP contribution in [0.25, 0.3) is 0 Å². The molecule has 0 saturated heterocycles. The molecule has 0 amide bonds. The lowest BCUT2D eigenvalue weighted by molar-refractivity contribution is -0.909. The van der Waals surface area contributed by atoms with Crippen molar-refractivity contribution in [3.8, 4) is 11.5 Å². The predicted molar refractivity (Wildman–Crippen MR) is 95.3 cm³/mol. The zero-order valence-corrected chi connectivity index (χ0v) is 15.8. The first-order valence-electron chi connectivity index (χ1n) is 8.48. The summed E-state index contributed by atoms with van der Waals surface area (Å²) in [5.41, 5.74) is 1.04. The number of aliphatic hydroxyl groups excluding tert-OH is 1. The molecule has 1 aromatic rings. The average Bonchev–Trinajstić information content (AvgIpc) is 2.51. The molecular weight excluding hydrogens is 290 g/mol. The third kappa shape index (κ3) is 5.70. The van der Waals surface area contributed by atoms with E-state index in [9.17, 15) is 5.11 Å². The highest BCUT2D eigenvalue weighted by molar-refractivity contribution is 5.44. The minimum atomic E-state index is -0.477. The molecule has 0 aliphatic carbocycles. The number of rotatable bonds is 8. The van der Waals surface area contributed by atoms with E-state index in [4.69, 9.17) is 9.47 Å². The van der Waals surface area contributed by atoms with E-state index in [0.29, 0.717) is 13.2 Å². The van der Waals surface area contributed by atoms with Crippen molar-refractivity contribution in [2.24, 2.45) is 0 Å². The molecule has 4 heteroatoms. The van der Waals surface area contributed by atoms with Crippen LogP contribution in [0.4, 0.5) is 0 Å². The van der Waals surface area contributed by atoms with Crippen molar-refractivity contribution in [2.75, 3.05) is 40.4 Å². The number of methoxy groups -OCH3 is 1. The zero-order valence-electron chi connectivity index (χ0n) is 15.8. The number of ether oxygens (including phenoxy) is 2. The number of aliphatic hydroxyl groups is 1. The lowest BCUT2D eigenvalue weighted by atomic mass is 9.86. The lowest BCUT2D eigenvalue weighted by Gasteiger charge is -2.34. The van der Waals surface area contributed by atoms with Crippen LogP contribution in [0.15, 0.2) is 18.2 Å². The summed E-state index contributed by atoms with van der Waals surface area (Å²) in [6.45, 7) is 13.8. The van der Waals surface area contributed by atoms with Gasteiger partial charge in [0.1, 0.15) is 30.8 Å². The molecule has 0 fully saturated rings. The number of nitrogens with zero attached hydrogens (tertiary/aromatic N) is 1. The van der Waals surface area contributed by atoms with Gasteiger partial charge in [0, 0.05) is 5.56 Å². The van der Waals surface area contributed by atoms with Crippen molar-refractivity contribution in [1.82, 2.24) is 0 Å². The zero-order chi connectivity index (χ0) is 17.7. The highest BCUT2D eigenvalue weighted by Gasteiger charge is 2.24. The van der Waals surface area contributed by atoms with E-state index in [-0.39, 0.29) is 5.41 Å². The summed E-state index contributed by atoms with van der Waals surface area (Å²) < 4.78 is 12.1. The number of likely N-dealkylation sites (N-methyl/N-ethyl adjacent to an activating group) is 1. The summed E-state index contributed by atoms with van der Waals surface area (Å²) in [4.78, 5) is 0. The van der Waals surface area contributed by atoms with Gasteiger partial charge in [0.15, 0.2) is 0 Å². The summed E-state index contributed by atoms with van der Waals surface area (Å²) in [7, 11) is 3.83. The molecule has 0 aliphatic heterocycles. The van der Waals surface area contributed by atoms with E-state index in [1.807, 2.05) is 18.2 Å². The Hall–Kier alpha value is -1.26. The molecule has 1 atom stereocenters. The number of hydrogen-bond acceptors (Lipinski definition) is 3. The van der Waals surface area contributed by atoms with Crippen LogP contribution in [0.1, 0.15) is 40.2 Å². The maximum atomic E-state index is 10.3. The topological polar surface area (TPSA) is 38.7 Å². The van der Waals surface area contributed by atoms with Crippen LogP contribution in [0.2, 0.25) is 0 Å². The van der Waals surface area contributed by atoms with Gasteiger partial charge in [-0.2, -0.15) is 0 Å². The molecule has 0 spiro atoms. The average molecular weight is 324 g/mol. The third-order valence-electron chi connectivity index (χ3n) is 4.60. The summed E-state index contributed by atoms with van der Waals surface area (Å²) in [5.74, 6) is 1.64. The molecule has 0 bridgehead atoms. The number of quaternary nitrogens is 1. The fourth-order valence-corrected chi connectivity index (χ4v) is 2.58. The van der Waals surface area contributed by atoms with Gasteiger partial charge >= 0.3 is 0 Å². The van der Waals surface area contributed by atoms with Crippen LogP contribution in [0.5, 0.6) is 11.5 Å². The second-order valence-corrected chi connectivity index (χ2v) is 7.51. The Morgan fingerprint density at radius 2 is 1.78 bits per heavy atom. The van der Waals surface area contributed by atoms with Gasteiger partial charge in [-0.15, -0.1) is 0 Å². The largest absolute Gasteiger partial charge is 0.497 e. The Morgan fingerprint density at radius 1 is 1.17 bits per heavy atom. The van der Waals surface area contributed by atoms with Gasteiger partial charge in [0.2, 0.25) is 0 Å². The Kier molecular flexibility index (Phi) is 6.90. The Morgan fingerprint density at radius 3 is 2.26 bits per heavy atom. The van der Waals surface area contributed by atoms with E-state index in [0.717, 1.165) is 34.6 Å². The van der Waals surface area contributed by atoms with Gasteiger partial charge in [-0.1, -0.05) is 20.8 Å². The molecule has 0 aromatic heterocycles. The van der Waals surface area contributed by atoms with E-state index in [1.54, 1.807) is 7.11 Å². The van der Waals surface area contributed by atoms with Crippen LogP contribution in [0, 0.1) is 0 Å².